The van der Waals surface area contributed by atoms with Gasteiger partial charge in [-0.1, -0.05) is 39.0 Å². The van der Waals surface area contributed by atoms with Crippen molar-refractivity contribution in [3.8, 4) is 0 Å². The summed E-state index contributed by atoms with van der Waals surface area (Å²) in [4.78, 5) is 14.1. The van der Waals surface area contributed by atoms with Crippen LogP contribution in [0, 0.1) is 5.41 Å². The van der Waals surface area contributed by atoms with Crippen LogP contribution in [0.15, 0.2) is 0 Å². The molecule has 106 valence electrons. The Labute approximate surface area is 116 Å². The first-order valence-electron chi connectivity index (χ1n) is 6.99. The monoisotopic (exact) mass is 273 g/mol. The highest BCUT2D eigenvalue weighted by Gasteiger charge is 2.16. The maximum atomic E-state index is 11.8. The molecular weight excluding hydrogens is 246 g/mol. The minimum absolute atomic E-state index is 0.341. The highest BCUT2D eigenvalue weighted by atomic mass is 32.2. The van der Waals surface area contributed by atoms with E-state index in [1.165, 1.54) is 18.2 Å². The molecule has 0 aromatic carbocycles. The highest BCUT2D eigenvalue weighted by molar-refractivity contribution is 8.13. The Morgan fingerprint density at radius 3 is 2.61 bits per heavy atom. The van der Waals surface area contributed by atoms with Crippen molar-refractivity contribution in [2.45, 2.75) is 40.0 Å². The van der Waals surface area contributed by atoms with E-state index in [0.717, 1.165) is 45.0 Å². The van der Waals surface area contributed by atoms with Crippen molar-refractivity contribution in [3.63, 3.8) is 0 Å². The van der Waals surface area contributed by atoms with E-state index < -0.39 is 0 Å². The zero-order chi connectivity index (χ0) is 13.4. The van der Waals surface area contributed by atoms with Crippen LogP contribution in [-0.2, 0) is 9.53 Å². The molecule has 0 amide bonds. The Bertz CT molecular complexity index is 250. The maximum Gasteiger partial charge on any atom is 0.190 e. The summed E-state index contributed by atoms with van der Waals surface area (Å²) in [5.74, 6) is 0.961. The fraction of sp³-hybridized carbons (Fsp3) is 0.929. The summed E-state index contributed by atoms with van der Waals surface area (Å²) in [7, 11) is 0. The largest absolute Gasteiger partial charge is 0.379 e. The molecule has 0 aromatic heterocycles. The minimum Gasteiger partial charge on any atom is -0.379 e. The maximum absolute atomic E-state index is 11.8. The van der Waals surface area contributed by atoms with Crippen molar-refractivity contribution < 1.29 is 9.53 Å². The molecule has 18 heavy (non-hydrogen) atoms. The Morgan fingerprint density at radius 1 is 1.33 bits per heavy atom. The number of morpholine rings is 1. The van der Waals surface area contributed by atoms with Crippen molar-refractivity contribution >= 4 is 16.9 Å². The van der Waals surface area contributed by atoms with Crippen LogP contribution in [-0.4, -0.2) is 48.6 Å². The molecular formula is C14H27NO2S. The topological polar surface area (TPSA) is 29.5 Å². The number of nitrogens with zero attached hydrogens (tertiary/aromatic N) is 1. The van der Waals surface area contributed by atoms with E-state index >= 15 is 0 Å². The third-order valence-corrected chi connectivity index (χ3v) is 4.67. The number of carbonyl (C=O) groups is 1. The molecule has 0 saturated carbocycles. The van der Waals surface area contributed by atoms with Gasteiger partial charge in [-0.3, -0.25) is 9.69 Å². The molecule has 1 aliphatic heterocycles. The summed E-state index contributed by atoms with van der Waals surface area (Å²) in [5, 5.41) is 0.341. The van der Waals surface area contributed by atoms with Crippen LogP contribution in [0.5, 0.6) is 0 Å². The molecule has 1 rings (SSSR count). The van der Waals surface area contributed by atoms with E-state index in [2.05, 4.69) is 25.7 Å². The molecule has 3 nitrogen and oxygen atoms in total. The number of carbonyl (C=O) groups excluding carboxylic acids is 1. The number of hydrogen-bond donors (Lipinski definition) is 0. The minimum atomic E-state index is 0.341. The molecule has 0 aromatic rings. The molecule has 0 N–H and O–H groups in total. The second-order valence-corrected chi connectivity index (χ2v) is 6.84. The number of hydrogen-bond acceptors (Lipinski definition) is 4. The van der Waals surface area contributed by atoms with Gasteiger partial charge < -0.3 is 4.74 Å². The van der Waals surface area contributed by atoms with Gasteiger partial charge in [-0.15, -0.1) is 0 Å². The predicted molar refractivity (Wildman–Crippen MR) is 78.0 cm³/mol. The second-order valence-electron chi connectivity index (χ2n) is 5.69. The molecule has 0 radical (unpaired) electrons. The van der Waals surface area contributed by atoms with Gasteiger partial charge in [-0.2, -0.15) is 0 Å². The lowest BCUT2D eigenvalue weighted by Crippen LogP contribution is -2.37. The molecule has 1 aliphatic rings. The van der Waals surface area contributed by atoms with Gasteiger partial charge in [-0.25, -0.2) is 0 Å². The molecule has 1 fully saturated rings. The van der Waals surface area contributed by atoms with Crippen molar-refractivity contribution in [2.75, 3.05) is 38.6 Å². The fourth-order valence-electron chi connectivity index (χ4n) is 1.76. The van der Waals surface area contributed by atoms with Gasteiger partial charge in [0.2, 0.25) is 0 Å². The fourth-order valence-corrected chi connectivity index (χ4v) is 2.88. The normalized spacial score (nSPS) is 17.9. The summed E-state index contributed by atoms with van der Waals surface area (Å²) in [5.41, 5.74) is 0.373. The smallest absolute Gasteiger partial charge is 0.190 e. The van der Waals surface area contributed by atoms with Gasteiger partial charge in [0.15, 0.2) is 5.12 Å². The third-order valence-electron chi connectivity index (χ3n) is 3.73. The second kappa shape index (κ2) is 8.18. The summed E-state index contributed by atoms with van der Waals surface area (Å²) >= 11 is 1.51. The lowest BCUT2D eigenvalue weighted by molar-refractivity contribution is -0.111. The van der Waals surface area contributed by atoms with E-state index in [1.54, 1.807) is 0 Å². The molecule has 4 heteroatoms. The van der Waals surface area contributed by atoms with Crippen LogP contribution in [0.3, 0.4) is 0 Å². The number of thioether (sulfide) groups is 1. The average molecular weight is 273 g/mol. The van der Waals surface area contributed by atoms with Gasteiger partial charge >= 0.3 is 0 Å². The van der Waals surface area contributed by atoms with Gasteiger partial charge in [0.1, 0.15) is 0 Å². The van der Waals surface area contributed by atoms with E-state index in [-0.39, 0.29) is 0 Å². The summed E-state index contributed by atoms with van der Waals surface area (Å²) < 4.78 is 5.29. The van der Waals surface area contributed by atoms with Crippen LogP contribution < -0.4 is 0 Å². The first-order chi connectivity index (χ1) is 8.53. The quantitative estimate of drug-likeness (QED) is 0.713. The van der Waals surface area contributed by atoms with E-state index in [1.807, 2.05) is 0 Å². The zero-order valence-electron chi connectivity index (χ0n) is 12.0. The Kier molecular flexibility index (Phi) is 7.27. The first kappa shape index (κ1) is 16.0. The van der Waals surface area contributed by atoms with E-state index in [0.29, 0.717) is 17.0 Å². The van der Waals surface area contributed by atoms with E-state index in [9.17, 15) is 4.79 Å². The Hall–Kier alpha value is -0.0600. The average Bonchev–Trinajstić information content (AvgIpc) is 2.37. The molecule has 0 bridgehead atoms. The number of rotatable bonds is 7. The molecule has 0 spiro atoms. The lowest BCUT2D eigenvalue weighted by Gasteiger charge is -2.26. The van der Waals surface area contributed by atoms with Crippen molar-refractivity contribution in [1.82, 2.24) is 4.90 Å². The molecule has 0 aliphatic carbocycles. The summed E-state index contributed by atoms with van der Waals surface area (Å²) in [6.07, 6.45) is 2.98. The molecule has 0 unspecified atom stereocenters. The SMILES string of the molecule is CCC(C)(C)CCSC(=O)CCN1CCOCC1. The first-order valence-corrected chi connectivity index (χ1v) is 7.98. The number of ether oxygens (including phenoxy) is 1. The summed E-state index contributed by atoms with van der Waals surface area (Å²) in [6.45, 7) is 11.2. The highest BCUT2D eigenvalue weighted by Crippen LogP contribution is 2.26. The third kappa shape index (κ3) is 6.76. The van der Waals surface area contributed by atoms with Gasteiger partial charge in [-0.05, 0) is 11.8 Å². The lowest BCUT2D eigenvalue weighted by atomic mass is 9.87. The molecule has 1 saturated heterocycles. The Morgan fingerprint density at radius 2 is 2.00 bits per heavy atom. The summed E-state index contributed by atoms with van der Waals surface area (Å²) in [6, 6.07) is 0. The Balaban J connectivity index is 2.06. The van der Waals surface area contributed by atoms with Crippen LogP contribution in [0.1, 0.15) is 40.0 Å². The zero-order valence-corrected chi connectivity index (χ0v) is 12.9. The van der Waals surface area contributed by atoms with Gasteiger partial charge in [0.25, 0.3) is 0 Å². The van der Waals surface area contributed by atoms with Gasteiger partial charge in [0, 0.05) is 31.8 Å². The van der Waals surface area contributed by atoms with Crippen LogP contribution in [0.2, 0.25) is 0 Å². The van der Waals surface area contributed by atoms with Crippen molar-refractivity contribution in [3.05, 3.63) is 0 Å². The molecule has 0 atom stereocenters. The van der Waals surface area contributed by atoms with Crippen molar-refractivity contribution in [1.29, 1.82) is 0 Å². The predicted octanol–water partition coefficient (Wildman–Crippen LogP) is 2.79. The van der Waals surface area contributed by atoms with Crippen LogP contribution in [0.25, 0.3) is 0 Å². The standard InChI is InChI=1S/C14H27NO2S/c1-4-14(2,3)6-12-18-13(16)5-7-15-8-10-17-11-9-15/h4-12H2,1-3H3. The van der Waals surface area contributed by atoms with Gasteiger partial charge in [0.05, 0.1) is 13.2 Å². The molecule has 1 heterocycles. The van der Waals surface area contributed by atoms with E-state index in [4.69, 9.17) is 4.74 Å². The van der Waals surface area contributed by atoms with Crippen LogP contribution >= 0.6 is 11.8 Å². The van der Waals surface area contributed by atoms with Crippen LogP contribution in [0.4, 0.5) is 0 Å². The van der Waals surface area contributed by atoms with Crippen molar-refractivity contribution in [2.24, 2.45) is 5.41 Å².